The first-order valence-electron chi connectivity index (χ1n) is 6.84. The van der Waals surface area contributed by atoms with Crippen LogP contribution in [-0.4, -0.2) is 41.0 Å². The van der Waals surface area contributed by atoms with Crippen molar-refractivity contribution in [1.29, 1.82) is 0 Å². The van der Waals surface area contributed by atoms with Gasteiger partial charge in [0, 0.05) is 13.1 Å². The van der Waals surface area contributed by atoms with Crippen LogP contribution in [0.1, 0.15) is 25.3 Å². The quantitative estimate of drug-likeness (QED) is 0.750. The number of rotatable bonds is 8. The molecule has 0 fully saturated rings. The van der Waals surface area contributed by atoms with E-state index >= 15 is 0 Å². The molecule has 0 aliphatic rings. The molecule has 1 aromatic carbocycles. The minimum absolute atomic E-state index is 0.0506. The van der Waals surface area contributed by atoms with Crippen LogP contribution in [0.4, 0.5) is 0 Å². The number of hydrogen-bond donors (Lipinski definition) is 2. The van der Waals surface area contributed by atoms with E-state index in [4.69, 9.17) is 10.8 Å². The monoisotopic (exact) mass is 278 g/mol. The van der Waals surface area contributed by atoms with E-state index in [2.05, 4.69) is 0 Å². The van der Waals surface area contributed by atoms with Crippen LogP contribution in [0.3, 0.4) is 0 Å². The topological polar surface area (TPSA) is 83.6 Å². The van der Waals surface area contributed by atoms with E-state index in [1.54, 1.807) is 0 Å². The highest BCUT2D eigenvalue weighted by molar-refractivity contribution is 5.82. The number of aliphatic carboxylic acids is 1. The molecule has 3 N–H and O–H groups in total. The molecular weight excluding hydrogens is 256 g/mol. The van der Waals surface area contributed by atoms with Gasteiger partial charge in [-0.1, -0.05) is 30.3 Å². The Hall–Kier alpha value is -1.88. The van der Waals surface area contributed by atoms with Crippen molar-refractivity contribution < 1.29 is 14.7 Å². The highest BCUT2D eigenvalue weighted by Crippen LogP contribution is 2.06. The molecule has 1 atom stereocenters. The molecule has 1 amide bonds. The minimum Gasteiger partial charge on any atom is -0.481 e. The smallest absolute Gasteiger partial charge is 0.305 e. The number of amides is 1. The number of hydrogen-bond acceptors (Lipinski definition) is 3. The first-order valence-corrected chi connectivity index (χ1v) is 6.84. The van der Waals surface area contributed by atoms with Crippen LogP contribution in [0.25, 0.3) is 0 Å². The summed E-state index contributed by atoms with van der Waals surface area (Å²) in [5, 5.41) is 8.66. The molecule has 0 radical (unpaired) electrons. The Balaban J connectivity index is 2.46. The van der Waals surface area contributed by atoms with Gasteiger partial charge in [0.15, 0.2) is 0 Å². The summed E-state index contributed by atoms with van der Waals surface area (Å²) in [5.74, 6) is -1.08. The zero-order valence-electron chi connectivity index (χ0n) is 11.8. The van der Waals surface area contributed by atoms with E-state index in [0.717, 1.165) is 12.0 Å². The Kier molecular flexibility index (Phi) is 6.73. The summed E-state index contributed by atoms with van der Waals surface area (Å²) >= 11 is 0. The fourth-order valence-corrected chi connectivity index (χ4v) is 1.98. The third-order valence-corrected chi connectivity index (χ3v) is 3.19. The van der Waals surface area contributed by atoms with Crippen LogP contribution >= 0.6 is 0 Å². The van der Waals surface area contributed by atoms with Gasteiger partial charge in [-0.2, -0.15) is 0 Å². The van der Waals surface area contributed by atoms with E-state index in [1.807, 2.05) is 37.3 Å². The van der Waals surface area contributed by atoms with Crippen LogP contribution in [0.15, 0.2) is 30.3 Å². The highest BCUT2D eigenvalue weighted by atomic mass is 16.4. The molecule has 20 heavy (non-hydrogen) atoms. The van der Waals surface area contributed by atoms with Crippen LogP contribution in [0.5, 0.6) is 0 Å². The van der Waals surface area contributed by atoms with Gasteiger partial charge in [0.25, 0.3) is 0 Å². The van der Waals surface area contributed by atoms with Gasteiger partial charge in [-0.15, -0.1) is 0 Å². The van der Waals surface area contributed by atoms with Crippen LogP contribution in [-0.2, 0) is 16.0 Å². The van der Waals surface area contributed by atoms with Crippen molar-refractivity contribution in [1.82, 2.24) is 4.90 Å². The standard InChI is InChI=1S/C15H22N2O3/c1-2-17(11-10-14(18)19)15(20)13(16)9-8-12-6-4-3-5-7-12/h3-7,13H,2,8-11,16H2,1H3,(H,18,19)/t13-/m0/s1. The lowest BCUT2D eigenvalue weighted by Crippen LogP contribution is -2.44. The molecule has 1 aromatic rings. The van der Waals surface area contributed by atoms with Crippen LogP contribution in [0, 0.1) is 0 Å². The number of nitrogens with two attached hydrogens (primary N) is 1. The molecule has 0 heterocycles. The van der Waals surface area contributed by atoms with Gasteiger partial charge in [0.1, 0.15) is 0 Å². The molecule has 0 saturated carbocycles. The number of benzene rings is 1. The predicted molar refractivity (Wildman–Crippen MR) is 77.2 cm³/mol. The van der Waals surface area contributed by atoms with Crippen LogP contribution in [0.2, 0.25) is 0 Å². The maximum Gasteiger partial charge on any atom is 0.305 e. The predicted octanol–water partition coefficient (Wildman–Crippen LogP) is 1.27. The largest absolute Gasteiger partial charge is 0.481 e. The van der Waals surface area contributed by atoms with Gasteiger partial charge in [0.2, 0.25) is 5.91 Å². The summed E-state index contributed by atoms with van der Waals surface area (Å²) in [7, 11) is 0. The van der Waals surface area contributed by atoms with Gasteiger partial charge < -0.3 is 15.7 Å². The maximum absolute atomic E-state index is 12.1. The second kappa shape index (κ2) is 8.32. The third kappa shape index (κ3) is 5.40. The Bertz CT molecular complexity index is 434. The zero-order chi connectivity index (χ0) is 15.0. The third-order valence-electron chi connectivity index (χ3n) is 3.19. The van der Waals surface area contributed by atoms with Crippen molar-refractivity contribution in [2.24, 2.45) is 5.73 Å². The average Bonchev–Trinajstić information content (AvgIpc) is 2.46. The highest BCUT2D eigenvalue weighted by Gasteiger charge is 2.20. The van der Waals surface area contributed by atoms with Crippen molar-refractivity contribution in [3.05, 3.63) is 35.9 Å². The van der Waals surface area contributed by atoms with Crippen molar-refractivity contribution in [3.63, 3.8) is 0 Å². The molecule has 0 aliphatic carbocycles. The fraction of sp³-hybridized carbons (Fsp3) is 0.467. The van der Waals surface area contributed by atoms with Crippen molar-refractivity contribution >= 4 is 11.9 Å². The van der Waals surface area contributed by atoms with Gasteiger partial charge in [-0.3, -0.25) is 9.59 Å². The van der Waals surface area contributed by atoms with Crippen LogP contribution < -0.4 is 5.73 Å². The van der Waals surface area contributed by atoms with Gasteiger partial charge in [-0.05, 0) is 25.3 Å². The molecule has 0 spiro atoms. The Morgan fingerprint density at radius 2 is 1.95 bits per heavy atom. The molecule has 0 aliphatic heterocycles. The summed E-state index contributed by atoms with van der Waals surface area (Å²) in [4.78, 5) is 24.2. The molecule has 5 heteroatoms. The summed E-state index contributed by atoms with van der Waals surface area (Å²) in [5.41, 5.74) is 7.05. The minimum atomic E-state index is -0.908. The molecule has 0 saturated heterocycles. The van der Waals surface area contributed by atoms with Gasteiger partial charge in [0.05, 0.1) is 12.5 Å². The SMILES string of the molecule is CCN(CCC(=O)O)C(=O)[C@@H](N)CCc1ccccc1. The van der Waals surface area contributed by atoms with Crippen molar-refractivity contribution in [2.75, 3.05) is 13.1 Å². The number of nitrogens with zero attached hydrogens (tertiary/aromatic N) is 1. The fourth-order valence-electron chi connectivity index (χ4n) is 1.98. The maximum atomic E-state index is 12.1. The lowest BCUT2D eigenvalue weighted by atomic mass is 10.0. The number of carbonyl (C=O) groups is 2. The summed E-state index contributed by atoms with van der Waals surface area (Å²) in [6.45, 7) is 2.51. The molecule has 5 nitrogen and oxygen atoms in total. The first kappa shape index (κ1) is 16.2. The number of carbonyl (C=O) groups excluding carboxylic acids is 1. The zero-order valence-corrected chi connectivity index (χ0v) is 11.8. The van der Waals surface area contributed by atoms with E-state index in [9.17, 15) is 9.59 Å². The Labute approximate surface area is 119 Å². The van der Waals surface area contributed by atoms with Crippen molar-refractivity contribution in [3.8, 4) is 0 Å². The Morgan fingerprint density at radius 1 is 1.30 bits per heavy atom. The molecule has 0 bridgehead atoms. The number of aryl methyl sites for hydroxylation is 1. The Morgan fingerprint density at radius 3 is 2.50 bits per heavy atom. The lowest BCUT2D eigenvalue weighted by Gasteiger charge is -2.23. The molecule has 1 rings (SSSR count). The second-order valence-corrected chi connectivity index (χ2v) is 4.69. The normalized spacial score (nSPS) is 11.9. The first-order chi connectivity index (χ1) is 9.54. The van der Waals surface area contributed by atoms with E-state index in [0.29, 0.717) is 13.0 Å². The summed E-state index contributed by atoms with van der Waals surface area (Å²) in [6, 6.07) is 9.27. The number of likely N-dealkylation sites (N-methyl/N-ethyl adjacent to an activating group) is 1. The summed E-state index contributed by atoms with van der Waals surface area (Å²) in [6.07, 6.45) is 1.25. The average molecular weight is 278 g/mol. The second-order valence-electron chi connectivity index (χ2n) is 4.69. The molecule has 0 aromatic heterocycles. The molecule has 110 valence electrons. The number of carboxylic acids is 1. The lowest BCUT2D eigenvalue weighted by molar-refractivity contribution is -0.138. The van der Waals surface area contributed by atoms with Gasteiger partial charge >= 0.3 is 5.97 Å². The van der Waals surface area contributed by atoms with Gasteiger partial charge in [-0.25, -0.2) is 0 Å². The molecule has 0 unspecified atom stereocenters. The summed E-state index contributed by atoms with van der Waals surface area (Å²) < 4.78 is 0. The van der Waals surface area contributed by atoms with Crippen molar-refractivity contribution in [2.45, 2.75) is 32.2 Å². The molecular formula is C15H22N2O3. The van der Waals surface area contributed by atoms with E-state index in [-0.39, 0.29) is 18.9 Å². The van der Waals surface area contributed by atoms with E-state index in [1.165, 1.54) is 4.90 Å². The number of carboxylic acid groups (broad SMARTS) is 1. The van der Waals surface area contributed by atoms with E-state index < -0.39 is 12.0 Å².